The molecule has 2 aliphatic rings. The van der Waals surface area contributed by atoms with Crippen LogP contribution in [0.5, 0.6) is 5.75 Å². The molecule has 6 nitrogen and oxygen atoms in total. The van der Waals surface area contributed by atoms with Crippen LogP contribution < -0.4 is 15.0 Å². The summed E-state index contributed by atoms with van der Waals surface area (Å²) in [7, 11) is 1.65. The monoisotopic (exact) mass is 374 g/mol. The fourth-order valence-corrected chi connectivity index (χ4v) is 4.44. The minimum absolute atomic E-state index is 0.00904. The maximum Gasteiger partial charge on any atom is 0.199 e. The molecule has 3 heterocycles. The second kappa shape index (κ2) is 6.56. The van der Waals surface area contributed by atoms with Crippen LogP contribution in [0.25, 0.3) is 22.0 Å². The highest BCUT2D eigenvalue weighted by atomic mass is 16.5. The summed E-state index contributed by atoms with van der Waals surface area (Å²) in [5.41, 5.74) is 4.07. The molecule has 1 aromatic carbocycles. The molecule has 2 aromatic heterocycles. The van der Waals surface area contributed by atoms with Crippen molar-refractivity contribution in [2.45, 2.75) is 25.9 Å². The molecule has 1 aliphatic heterocycles. The lowest BCUT2D eigenvalue weighted by atomic mass is 10.0. The van der Waals surface area contributed by atoms with Gasteiger partial charge in [0.15, 0.2) is 5.78 Å². The molecule has 0 radical (unpaired) electrons. The minimum Gasteiger partial charge on any atom is -0.497 e. The molecule has 3 aromatic rings. The molecule has 5 rings (SSSR count). The van der Waals surface area contributed by atoms with E-state index in [0.717, 1.165) is 59.5 Å². The summed E-state index contributed by atoms with van der Waals surface area (Å²) in [5.74, 6) is 1.51. The molecule has 6 heteroatoms. The second-order valence-electron chi connectivity index (χ2n) is 7.22. The zero-order chi connectivity index (χ0) is 19.3. The first-order valence-corrected chi connectivity index (χ1v) is 9.73. The Kier molecular flexibility index (Phi) is 4.02. The summed E-state index contributed by atoms with van der Waals surface area (Å²) >= 11 is 0. The molecular weight excluding hydrogens is 352 g/mol. The van der Waals surface area contributed by atoms with Crippen LogP contribution in [0.4, 0.5) is 5.82 Å². The molecule has 0 amide bonds. The third-order valence-electron chi connectivity index (χ3n) is 5.76. The van der Waals surface area contributed by atoms with Crippen LogP contribution in [0, 0.1) is 0 Å². The van der Waals surface area contributed by atoms with Crippen molar-refractivity contribution < 1.29 is 9.53 Å². The molecule has 1 aliphatic carbocycles. The number of fused-ring (bicyclic) bond motifs is 5. The van der Waals surface area contributed by atoms with Gasteiger partial charge in [0.1, 0.15) is 11.6 Å². The van der Waals surface area contributed by atoms with Crippen molar-refractivity contribution in [1.29, 1.82) is 0 Å². The van der Waals surface area contributed by atoms with Crippen molar-refractivity contribution in [3.05, 3.63) is 47.8 Å². The van der Waals surface area contributed by atoms with E-state index in [0.29, 0.717) is 11.1 Å². The summed E-state index contributed by atoms with van der Waals surface area (Å²) in [4.78, 5) is 24.7. The number of anilines is 1. The number of benzene rings is 1. The number of carbonyl (C=O) groups is 1. The van der Waals surface area contributed by atoms with Gasteiger partial charge in [0.05, 0.1) is 24.4 Å². The molecule has 1 unspecified atom stereocenters. The number of aromatic nitrogens is 2. The summed E-state index contributed by atoms with van der Waals surface area (Å²) in [6.45, 7) is 3.87. The van der Waals surface area contributed by atoms with Crippen molar-refractivity contribution in [1.82, 2.24) is 15.3 Å². The molecule has 142 valence electrons. The molecule has 1 saturated heterocycles. The van der Waals surface area contributed by atoms with Gasteiger partial charge in [-0.2, -0.15) is 0 Å². The van der Waals surface area contributed by atoms with Crippen molar-refractivity contribution in [3.63, 3.8) is 0 Å². The van der Waals surface area contributed by atoms with E-state index in [1.807, 2.05) is 24.3 Å². The zero-order valence-corrected chi connectivity index (χ0v) is 16.0. The number of hydrogen-bond donors (Lipinski definition) is 1. The van der Waals surface area contributed by atoms with Gasteiger partial charge in [0, 0.05) is 41.5 Å². The lowest BCUT2D eigenvalue weighted by Crippen LogP contribution is -2.43. The predicted molar refractivity (Wildman–Crippen MR) is 109 cm³/mol. The van der Waals surface area contributed by atoms with Crippen molar-refractivity contribution in [3.8, 4) is 16.9 Å². The first kappa shape index (κ1) is 17.1. The highest BCUT2D eigenvalue weighted by Gasteiger charge is 2.35. The van der Waals surface area contributed by atoms with Crippen LogP contribution in [-0.2, 0) is 0 Å². The number of nitrogens with one attached hydrogen (secondary N) is 1. The first-order valence-electron chi connectivity index (χ1n) is 9.73. The quantitative estimate of drug-likeness (QED) is 0.591. The Morgan fingerprint density at radius 1 is 1.25 bits per heavy atom. The second-order valence-corrected chi connectivity index (χ2v) is 7.22. The van der Waals surface area contributed by atoms with Gasteiger partial charge in [0.2, 0.25) is 0 Å². The van der Waals surface area contributed by atoms with Crippen molar-refractivity contribution >= 4 is 22.5 Å². The maximum atomic E-state index is 13.4. The highest BCUT2D eigenvalue weighted by Crippen LogP contribution is 2.45. The lowest BCUT2D eigenvalue weighted by molar-refractivity contribution is 0.104. The van der Waals surface area contributed by atoms with E-state index >= 15 is 0 Å². The number of carbonyl (C=O) groups excluding carboxylic acids is 1. The number of pyridine rings is 2. The van der Waals surface area contributed by atoms with E-state index in [4.69, 9.17) is 9.72 Å². The number of methoxy groups -OCH3 is 1. The maximum absolute atomic E-state index is 13.4. The van der Waals surface area contributed by atoms with E-state index in [1.54, 1.807) is 19.5 Å². The van der Waals surface area contributed by atoms with Gasteiger partial charge < -0.3 is 9.64 Å². The van der Waals surface area contributed by atoms with Crippen LogP contribution >= 0.6 is 0 Å². The van der Waals surface area contributed by atoms with Crippen molar-refractivity contribution in [2.24, 2.45) is 0 Å². The Labute approximate surface area is 163 Å². The van der Waals surface area contributed by atoms with Crippen molar-refractivity contribution in [2.75, 3.05) is 25.1 Å². The largest absolute Gasteiger partial charge is 0.497 e. The Morgan fingerprint density at radius 2 is 2.14 bits per heavy atom. The average Bonchev–Trinajstić information content (AvgIpc) is 3.36. The smallest absolute Gasteiger partial charge is 0.199 e. The number of rotatable bonds is 4. The highest BCUT2D eigenvalue weighted by molar-refractivity contribution is 6.27. The number of ketones is 1. The van der Waals surface area contributed by atoms with E-state index in [1.165, 1.54) is 0 Å². The van der Waals surface area contributed by atoms with Gasteiger partial charge in [-0.3, -0.25) is 15.1 Å². The van der Waals surface area contributed by atoms with Gasteiger partial charge in [-0.1, -0.05) is 0 Å². The Bertz CT molecular complexity index is 1090. The Morgan fingerprint density at radius 3 is 2.89 bits per heavy atom. The first-order chi connectivity index (χ1) is 13.7. The molecule has 1 fully saturated rings. The lowest BCUT2D eigenvalue weighted by Gasteiger charge is -2.30. The molecule has 0 bridgehead atoms. The Balaban J connectivity index is 1.83. The fraction of sp³-hybridized carbons (Fsp3) is 0.318. The van der Waals surface area contributed by atoms with Crippen LogP contribution in [0.3, 0.4) is 0 Å². The molecule has 1 atom stereocenters. The number of hydrogen-bond acceptors (Lipinski definition) is 6. The van der Waals surface area contributed by atoms with E-state index in [-0.39, 0.29) is 11.9 Å². The Hall–Kier alpha value is -2.99. The standard InChI is InChI=1S/C22H22N4O2/c1-3-26(18-5-4-9-24-18)22-20-19(14-8-10-23-12-16(14)21(20)27)15-7-6-13(28-2)11-17(15)25-22/h6-8,10-12,18,24H,3-5,9H2,1-2H3. The molecule has 1 N–H and O–H groups in total. The van der Waals surface area contributed by atoms with Gasteiger partial charge in [-0.15, -0.1) is 0 Å². The van der Waals surface area contributed by atoms with E-state index in [2.05, 4.69) is 22.1 Å². The number of nitrogens with zero attached hydrogens (tertiary/aromatic N) is 3. The normalized spacial score (nSPS) is 17.6. The fourth-order valence-electron chi connectivity index (χ4n) is 4.44. The number of ether oxygens (including phenoxy) is 1. The third kappa shape index (κ3) is 2.41. The minimum atomic E-state index is 0.00904. The predicted octanol–water partition coefficient (Wildman–Crippen LogP) is 3.39. The van der Waals surface area contributed by atoms with E-state index in [9.17, 15) is 4.79 Å². The van der Waals surface area contributed by atoms with Crippen LogP contribution in [0.1, 0.15) is 35.7 Å². The summed E-state index contributed by atoms with van der Waals surface area (Å²) in [6, 6.07) is 7.79. The SMILES string of the molecule is CCN(c1nc2cc(OC)ccc2c2c1C(=O)c1cnccc1-2)C1CCCN1. The molecule has 28 heavy (non-hydrogen) atoms. The summed E-state index contributed by atoms with van der Waals surface area (Å²) < 4.78 is 5.42. The van der Waals surface area contributed by atoms with Gasteiger partial charge in [-0.05, 0) is 50.1 Å². The average molecular weight is 374 g/mol. The van der Waals surface area contributed by atoms with E-state index < -0.39 is 0 Å². The van der Waals surface area contributed by atoms with Gasteiger partial charge in [0.25, 0.3) is 0 Å². The van der Waals surface area contributed by atoms with Crippen LogP contribution in [-0.4, -0.2) is 42.1 Å². The summed E-state index contributed by atoms with van der Waals surface area (Å²) in [6.07, 6.45) is 5.78. The summed E-state index contributed by atoms with van der Waals surface area (Å²) in [5, 5.41) is 4.51. The van der Waals surface area contributed by atoms with Gasteiger partial charge >= 0.3 is 0 Å². The third-order valence-corrected chi connectivity index (χ3v) is 5.76. The van der Waals surface area contributed by atoms with Gasteiger partial charge in [-0.25, -0.2) is 4.98 Å². The van der Waals surface area contributed by atoms with Crippen LogP contribution in [0.15, 0.2) is 36.7 Å². The van der Waals surface area contributed by atoms with Crippen LogP contribution in [0.2, 0.25) is 0 Å². The molecule has 0 saturated carbocycles. The topological polar surface area (TPSA) is 67.4 Å². The zero-order valence-electron chi connectivity index (χ0n) is 16.0. The molecule has 0 spiro atoms. The molecular formula is C22H22N4O2.